The van der Waals surface area contributed by atoms with Crippen molar-refractivity contribution in [3.8, 4) is 0 Å². The number of thiazole rings is 1. The van der Waals surface area contributed by atoms with Crippen LogP contribution in [0.1, 0.15) is 12.8 Å². The highest BCUT2D eigenvalue weighted by atomic mass is 32.2. The maximum atomic E-state index is 13.9. The first-order valence-electron chi connectivity index (χ1n) is 8.97. The molecular weight excluding hydrogens is 420 g/mol. The van der Waals surface area contributed by atoms with Gasteiger partial charge >= 0.3 is 0 Å². The van der Waals surface area contributed by atoms with Gasteiger partial charge < -0.3 is 5.32 Å². The molecule has 10 heteroatoms. The average Bonchev–Trinajstić information content (AvgIpc) is 3.12. The number of rotatable bonds is 4. The molecule has 1 aliphatic heterocycles. The predicted octanol–water partition coefficient (Wildman–Crippen LogP) is 3.61. The molecule has 0 atom stereocenters. The zero-order valence-corrected chi connectivity index (χ0v) is 16.8. The molecule has 4 rings (SSSR count). The van der Waals surface area contributed by atoms with Gasteiger partial charge in [-0.05, 0) is 37.1 Å². The Balaban J connectivity index is 1.42. The summed E-state index contributed by atoms with van der Waals surface area (Å²) in [5, 5.41) is 3.00. The van der Waals surface area contributed by atoms with E-state index in [2.05, 4.69) is 10.3 Å². The van der Waals surface area contributed by atoms with Crippen molar-refractivity contribution in [3.05, 3.63) is 54.1 Å². The number of nitrogens with one attached hydrogen (secondary N) is 1. The topological polar surface area (TPSA) is 79.4 Å². The van der Waals surface area contributed by atoms with Crippen molar-refractivity contribution in [2.75, 3.05) is 18.4 Å². The van der Waals surface area contributed by atoms with Crippen LogP contribution in [-0.4, -0.2) is 36.7 Å². The Bertz CT molecular complexity index is 1170. The van der Waals surface area contributed by atoms with E-state index in [9.17, 15) is 22.0 Å². The summed E-state index contributed by atoms with van der Waals surface area (Å²) in [6.45, 7) is 0.229. The zero-order chi connectivity index (χ0) is 20.6. The molecule has 1 N–H and O–H groups in total. The van der Waals surface area contributed by atoms with Crippen molar-refractivity contribution in [3.63, 3.8) is 0 Å². The lowest BCUT2D eigenvalue weighted by atomic mass is 9.97. The minimum absolute atomic E-state index is 0.114. The summed E-state index contributed by atoms with van der Waals surface area (Å²) in [5.41, 5.74) is 0.207. The lowest BCUT2D eigenvalue weighted by molar-refractivity contribution is -0.120. The normalized spacial score (nSPS) is 16.2. The van der Waals surface area contributed by atoms with Crippen LogP contribution in [0.5, 0.6) is 0 Å². The second-order valence-electron chi connectivity index (χ2n) is 6.70. The summed E-state index contributed by atoms with van der Waals surface area (Å²) in [4.78, 5) is 16.3. The van der Waals surface area contributed by atoms with E-state index in [0.29, 0.717) is 22.7 Å². The molecule has 0 spiro atoms. The van der Waals surface area contributed by atoms with Gasteiger partial charge in [0.15, 0.2) is 5.13 Å². The molecule has 1 aromatic heterocycles. The number of piperidine rings is 1. The number of halogens is 2. The van der Waals surface area contributed by atoms with Gasteiger partial charge in [-0.2, -0.15) is 4.31 Å². The molecule has 2 aromatic carbocycles. The molecule has 0 radical (unpaired) electrons. The van der Waals surface area contributed by atoms with Crippen LogP contribution < -0.4 is 5.32 Å². The third kappa shape index (κ3) is 3.87. The Hall–Kier alpha value is -2.43. The van der Waals surface area contributed by atoms with Crippen molar-refractivity contribution in [1.29, 1.82) is 0 Å². The molecular formula is C19H17F2N3O3S2. The van der Waals surface area contributed by atoms with Crippen molar-refractivity contribution in [2.24, 2.45) is 5.92 Å². The van der Waals surface area contributed by atoms with Gasteiger partial charge in [-0.15, -0.1) is 0 Å². The van der Waals surface area contributed by atoms with E-state index in [1.54, 1.807) is 12.1 Å². The quantitative estimate of drug-likeness (QED) is 0.676. The summed E-state index contributed by atoms with van der Waals surface area (Å²) in [6.07, 6.45) is 0.609. The molecule has 3 aromatic rings. The van der Waals surface area contributed by atoms with Gasteiger partial charge in [0.1, 0.15) is 22.0 Å². The van der Waals surface area contributed by atoms with Crippen LogP contribution in [0, 0.1) is 17.6 Å². The predicted molar refractivity (Wildman–Crippen MR) is 106 cm³/mol. The number of nitrogens with zero attached hydrogens (tertiary/aromatic N) is 2. The van der Waals surface area contributed by atoms with E-state index in [-0.39, 0.29) is 29.4 Å². The van der Waals surface area contributed by atoms with Crippen LogP contribution >= 0.6 is 11.3 Å². The van der Waals surface area contributed by atoms with E-state index in [1.165, 1.54) is 39.9 Å². The number of amides is 1. The number of fused-ring (bicyclic) bond motifs is 1. The van der Waals surface area contributed by atoms with Crippen LogP contribution in [0.4, 0.5) is 13.9 Å². The third-order valence-corrected chi connectivity index (χ3v) is 7.75. The van der Waals surface area contributed by atoms with E-state index < -0.39 is 27.6 Å². The summed E-state index contributed by atoms with van der Waals surface area (Å²) in [7, 11) is -3.95. The number of benzene rings is 2. The summed E-state index contributed by atoms with van der Waals surface area (Å²) >= 11 is 1.18. The van der Waals surface area contributed by atoms with Crippen molar-refractivity contribution in [2.45, 2.75) is 17.7 Å². The third-order valence-electron chi connectivity index (χ3n) is 4.88. The van der Waals surface area contributed by atoms with Crippen LogP contribution in [0.25, 0.3) is 10.2 Å². The fraction of sp³-hybridized carbons (Fsp3) is 0.263. The van der Waals surface area contributed by atoms with Crippen LogP contribution in [0.15, 0.2) is 47.4 Å². The lowest BCUT2D eigenvalue weighted by Gasteiger charge is -2.30. The Morgan fingerprint density at radius 1 is 1.07 bits per heavy atom. The highest BCUT2D eigenvalue weighted by molar-refractivity contribution is 7.89. The zero-order valence-electron chi connectivity index (χ0n) is 15.1. The van der Waals surface area contributed by atoms with Crippen molar-refractivity contribution in [1.82, 2.24) is 9.29 Å². The van der Waals surface area contributed by atoms with E-state index >= 15 is 0 Å². The molecule has 1 fully saturated rings. The average molecular weight is 437 g/mol. The molecule has 2 heterocycles. The molecule has 0 unspecified atom stereocenters. The molecule has 1 amide bonds. The smallest absolute Gasteiger partial charge is 0.245 e. The minimum atomic E-state index is -3.95. The first kappa shape index (κ1) is 19.9. The Labute approximate surface area is 170 Å². The van der Waals surface area contributed by atoms with Gasteiger partial charge in [-0.25, -0.2) is 22.2 Å². The van der Waals surface area contributed by atoms with Gasteiger partial charge in [-0.1, -0.05) is 29.5 Å². The summed E-state index contributed by atoms with van der Waals surface area (Å²) < 4.78 is 54.8. The standard InChI is InChI=1S/C19H17F2N3O3S2/c20-13-4-1-2-7-16(13)29(26,27)24-10-8-12(9-11-24)18(25)23-19-22-17-14(21)5-3-6-15(17)28-19/h1-7,12H,8-11H2,(H,22,23,25). The van der Waals surface area contributed by atoms with Gasteiger partial charge in [0.2, 0.25) is 15.9 Å². The Kier molecular flexibility index (Phi) is 5.32. The fourth-order valence-electron chi connectivity index (χ4n) is 3.33. The molecule has 0 aliphatic carbocycles. The fourth-order valence-corrected chi connectivity index (χ4v) is 5.75. The number of para-hydroxylation sites is 1. The van der Waals surface area contributed by atoms with Crippen LogP contribution in [0.2, 0.25) is 0 Å². The Morgan fingerprint density at radius 3 is 2.45 bits per heavy atom. The number of hydrogen-bond acceptors (Lipinski definition) is 5. The van der Waals surface area contributed by atoms with Crippen LogP contribution in [-0.2, 0) is 14.8 Å². The lowest BCUT2D eigenvalue weighted by Crippen LogP contribution is -2.41. The molecule has 1 aliphatic rings. The molecule has 0 bridgehead atoms. The highest BCUT2D eigenvalue weighted by Gasteiger charge is 2.33. The van der Waals surface area contributed by atoms with Gasteiger partial charge in [0, 0.05) is 19.0 Å². The number of carbonyl (C=O) groups is 1. The number of aromatic nitrogens is 1. The van der Waals surface area contributed by atoms with Crippen molar-refractivity contribution < 1.29 is 22.0 Å². The maximum absolute atomic E-state index is 13.9. The second-order valence-corrected chi connectivity index (χ2v) is 9.64. The number of sulfonamides is 1. The molecule has 29 heavy (non-hydrogen) atoms. The molecule has 0 saturated carbocycles. The number of anilines is 1. The highest BCUT2D eigenvalue weighted by Crippen LogP contribution is 2.30. The summed E-state index contributed by atoms with van der Waals surface area (Å²) in [5.74, 6) is -1.94. The molecule has 1 saturated heterocycles. The minimum Gasteiger partial charge on any atom is -0.302 e. The van der Waals surface area contributed by atoms with Crippen LogP contribution in [0.3, 0.4) is 0 Å². The summed E-state index contributed by atoms with van der Waals surface area (Å²) in [6, 6.07) is 9.84. The largest absolute Gasteiger partial charge is 0.302 e. The van der Waals surface area contributed by atoms with E-state index in [4.69, 9.17) is 0 Å². The molecule has 6 nitrogen and oxygen atoms in total. The number of hydrogen-bond donors (Lipinski definition) is 1. The van der Waals surface area contributed by atoms with Gasteiger partial charge in [0.25, 0.3) is 0 Å². The molecule has 152 valence electrons. The first-order chi connectivity index (χ1) is 13.9. The first-order valence-corrected chi connectivity index (χ1v) is 11.2. The SMILES string of the molecule is O=C(Nc1nc2c(F)cccc2s1)C1CCN(S(=O)(=O)c2ccccc2F)CC1. The second kappa shape index (κ2) is 7.77. The van der Waals surface area contributed by atoms with E-state index in [1.807, 2.05) is 0 Å². The Morgan fingerprint density at radius 2 is 1.76 bits per heavy atom. The van der Waals surface area contributed by atoms with Gasteiger partial charge in [0.05, 0.1) is 4.70 Å². The number of carbonyl (C=O) groups excluding carboxylic acids is 1. The van der Waals surface area contributed by atoms with Crippen molar-refractivity contribution >= 4 is 42.6 Å². The van der Waals surface area contributed by atoms with E-state index in [0.717, 1.165) is 6.07 Å². The maximum Gasteiger partial charge on any atom is 0.245 e. The monoisotopic (exact) mass is 437 g/mol. The van der Waals surface area contributed by atoms with Gasteiger partial charge in [-0.3, -0.25) is 4.79 Å².